The van der Waals surface area contributed by atoms with Crippen LogP contribution in [0.1, 0.15) is 59.4 Å². The van der Waals surface area contributed by atoms with E-state index in [4.69, 9.17) is 9.72 Å². The summed E-state index contributed by atoms with van der Waals surface area (Å²) in [7, 11) is 0. The van der Waals surface area contributed by atoms with Crippen LogP contribution in [0.15, 0.2) is 36.4 Å². The van der Waals surface area contributed by atoms with Crippen LogP contribution in [-0.4, -0.2) is 76.7 Å². The molecule has 0 saturated carbocycles. The van der Waals surface area contributed by atoms with E-state index in [2.05, 4.69) is 16.2 Å². The number of nitrogens with one attached hydrogen (secondary N) is 3. The van der Waals surface area contributed by atoms with Crippen LogP contribution in [0.2, 0.25) is 0 Å². The van der Waals surface area contributed by atoms with Gasteiger partial charge in [0.05, 0.1) is 10.9 Å². The van der Waals surface area contributed by atoms with Gasteiger partial charge in [-0.05, 0) is 69.7 Å². The predicted molar refractivity (Wildman–Crippen MR) is 162 cm³/mol. The molecular formula is C31H42N6O6. The van der Waals surface area contributed by atoms with Gasteiger partial charge in [0, 0.05) is 25.1 Å². The van der Waals surface area contributed by atoms with Crippen molar-refractivity contribution in [3.05, 3.63) is 42.0 Å². The summed E-state index contributed by atoms with van der Waals surface area (Å²) >= 11 is 0. The van der Waals surface area contributed by atoms with Crippen molar-refractivity contribution in [1.29, 1.82) is 0 Å². The van der Waals surface area contributed by atoms with Crippen LogP contribution in [0.4, 0.5) is 5.82 Å². The monoisotopic (exact) mass is 594 g/mol. The van der Waals surface area contributed by atoms with E-state index in [-0.39, 0.29) is 18.4 Å². The molecule has 2 aromatic rings. The van der Waals surface area contributed by atoms with Gasteiger partial charge in [-0.25, -0.2) is 10.4 Å². The third-order valence-corrected chi connectivity index (χ3v) is 7.58. The lowest BCUT2D eigenvalue weighted by molar-refractivity contribution is -0.165. The topological polar surface area (TPSA) is 153 Å². The first-order chi connectivity index (χ1) is 20.4. The number of amides is 3. The van der Waals surface area contributed by atoms with Crippen molar-refractivity contribution >= 4 is 46.5 Å². The first-order valence-corrected chi connectivity index (χ1v) is 14.8. The number of anilines is 1. The van der Waals surface area contributed by atoms with Gasteiger partial charge < -0.3 is 15.2 Å². The number of fused-ring (bicyclic) bond motifs is 4. The minimum Gasteiger partial charge on any atom is -0.451 e. The Kier molecular flexibility index (Phi) is 10.0. The van der Waals surface area contributed by atoms with Gasteiger partial charge in [0.2, 0.25) is 0 Å². The maximum atomic E-state index is 13.4. The number of aromatic nitrogens is 1. The summed E-state index contributed by atoms with van der Waals surface area (Å²) in [5.74, 6) is -1.78. The Morgan fingerprint density at radius 1 is 1.12 bits per heavy atom. The molecule has 232 valence electrons. The van der Waals surface area contributed by atoms with Crippen molar-refractivity contribution in [2.75, 3.05) is 24.7 Å². The lowest BCUT2D eigenvalue weighted by Crippen LogP contribution is -2.62. The van der Waals surface area contributed by atoms with Crippen LogP contribution in [0.5, 0.6) is 0 Å². The van der Waals surface area contributed by atoms with Gasteiger partial charge in [-0.2, -0.15) is 0 Å². The van der Waals surface area contributed by atoms with E-state index in [1.807, 2.05) is 24.3 Å². The van der Waals surface area contributed by atoms with Gasteiger partial charge in [-0.1, -0.05) is 38.1 Å². The number of ether oxygens (including phenoxy) is 1. The molecule has 3 amide bonds. The summed E-state index contributed by atoms with van der Waals surface area (Å²) in [6.45, 7) is 9.10. The number of hydrogen-bond acceptors (Lipinski definition) is 9. The molecule has 2 aliphatic rings. The number of pyridine rings is 1. The summed E-state index contributed by atoms with van der Waals surface area (Å²) in [6.07, 6.45) is 3.87. The van der Waals surface area contributed by atoms with Gasteiger partial charge in [-0.3, -0.25) is 34.6 Å². The molecule has 0 radical (unpaired) electrons. The number of hydrazine groups is 2. The van der Waals surface area contributed by atoms with Crippen LogP contribution in [-0.2, 0) is 23.9 Å². The first kappa shape index (κ1) is 31.9. The first-order valence-electron chi connectivity index (χ1n) is 14.8. The van der Waals surface area contributed by atoms with Crippen LogP contribution in [0.25, 0.3) is 17.0 Å². The predicted octanol–water partition coefficient (Wildman–Crippen LogP) is 2.08. The van der Waals surface area contributed by atoms with E-state index in [0.717, 1.165) is 10.9 Å². The Hall–Kier alpha value is -4.03. The maximum Gasteiger partial charge on any atom is 0.316 e. The van der Waals surface area contributed by atoms with Crippen LogP contribution in [0, 0.1) is 11.3 Å². The van der Waals surface area contributed by atoms with Crippen molar-refractivity contribution in [2.45, 2.75) is 72.1 Å². The second kappa shape index (κ2) is 13.5. The van der Waals surface area contributed by atoms with Crippen molar-refractivity contribution in [3.8, 4) is 0 Å². The fourth-order valence-corrected chi connectivity index (χ4v) is 4.90. The average Bonchev–Trinajstić information content (AvgIpc) is 2.99. The number of carbonyl (C=O) groups is 4. The highest BCUT2D eigenvalue weighted by molar-refractivity contribution is 5.92. The summed E-state index contributed by atoms with van der Waals surface area (Å²) in [5.41, 5.74) is 6.32. The zero-order chi connectivity index (χ0) is 31.3. The lowest BCUT2D eigenvalue weighted by atomic mass is 9.92. The van der Waals surface area contributed by atoms with Crippen molar-refractivity contribution in [3.63, 3.8) is 0 Å². The third kappa shape index (κ3) is 7.68. The number of carbonyl (C=O) groups excluding carboxylic acids is 4. The fraction of sp³-hybridized carbons (Fsp3) is 0.516. The summed E-state index contributed by atoms with van der Waals surface area (Å²) < 4.78 is 5.71. The molecule has 12 nitrogen and oxygen atoms in total. The van der Waals surface area contributed by atoms with E-state index in [1.54, 1.807) is 57.8 Å². The largest absolute Gasteiger partial charge is 0.451 e. The summed E-state index contributed by atoms with van der Waals surface area (Å²) in [4.78, 5) is 57.9. The number of aliphatic hydroxyl groups excluding tert-OH is 1. The van der Waals surface area contributed by atoms with Gasteiger partial charge in [0.1, 0.15) is 17.9 Å². The van der Waals surface area contributed by atoms with Crippen molar-refractivity contribution in [1.82, 2.24) is 26.2 Å². The molecule has 43 heavy (non-hydrogen) atoms. The molecular weight excluding hydrogens is 552 g/mol. The van der Waals surface area contributed by atoms with Crippen molar-refractivity contribution in [2.24, 2.45) is 11.3 Å². The van der Waals surface area contributed by atoms with Crippen molar-refractivity contribution < 1.29 is 29.0 Å². The number of benzene rings is 1. The molecule has 5 bridgehead atoms. The quantitative estimate of drug-likeness (QED) is 0.390. The molecule has 12 heteroatoms. The van der Waals surface area contributed by atoms with Crippen LogP contribution >= 0.6 is 0 Å². The lowest BCUT2D eigenvalue weighted by Gasteiger charge is -2.36. The fourth-order valence-electron chi connectivity index (χ4n) is 4.90. The number of esters is 1. The molecule has 0 aliphatic carbocycles. The van der Waals surface area contributed by atoms with E-state index in [0.29, 0.717) is 43.7 Å². The molecule has 1 fully saturated rings. The zero-order valence-electron chi connectivity index (χ0n) is 25.4. The molecule has 0 spiro atoms. The van der Waals surface area contributed by atoms with E-state index < -0.39 is 41.4 Å². The SMILES string of the molecule is CC(C)[C@@H]1OC(=O)C(C)(C)/C=C/c2ccc3ccc(nc3c2)N(CCCO)NC(=O)[C@@H]2CCCN(N2)C(=O)[C@H](C)NC1=O. The average molecular weight is 595 g/mol. The smallest absolute Gasteiger partial charge is 0.316 e. The normalized spacial score (nSPS) is 24.5. The van der Waals surface area contributed by atoms with E-state index in [9.17, 15) is 24.3 Å². The second-order valence-electron chi connectivity index (χ2n) is 12.0. The second-order valence-corrected chi connectivity index (χ2v) is 12.0. The highest BCUT2D eigenvalue weighted by atomic mass is 16.5. The van der Waals surface area contributed by atoms with Crippen LogP contribution < -0.4 is 21.2 Å². The molecule has 4 N–H and O–H groups in total. The highest BCUT2D eigenvalue weighted by Crippen LogP contribution is 2.25. The Morgan fingerprint density at radius 3 is 2.58 bits per heavy atom. The minimum atomic E-state index is -1.11. The highest BCUT2D eigenvalue weighted by Gasteiger charge is 2.36. The van der Waals surface area contributed by atoms with E-state index >= 15 is 0 Å². The Labute approximate surface area is 251 Å². The minimum absolute atomic E-state index is 0.0711. The van der Waals surface area contributed by atoms with Gasteiger partial charge >= 0.3 is 5.97 Å². The number of nitrogens with zero attached hydrogens (tertiary/aromatic N) is 3. The molecule has 3 heterocycles. The Balaban J connectivity index is 1.74. The van der Waals surface area contributed by atoms with E-state index in [1.165, 1.54) is 5.01 Å². The van der Waals surface area contributed by atoms with Crippen LogP contribution in [0.3, 0.4) is 0 Å². The number of aliphatic hydroxyl groups is 1. The number of cyclic esters (lactones) is 1. The Bertz CT molecular complexity index is 1390. The number of rotatable bonds is 4. The summed E-state index contributed by atoms with van der Waals surface area (Å²) in [6, 6.07) is 7.75. The van der Waals surface area contributed by atoms with Gasteiger partial charge in [0.25, 0.3) is 17.7 Å². The molecule has 1 saturated heterocycles. The number of hydrogen-bond donors (Lipinski definition) is 4. The summed E-state index contributed by atoms with van der Waals surface area (Å²) in [5, 5.41) is 16.0. The van der Waals surface area contributed by atoms with Gasteiger partial charge in [-0.15, -0.1) is 0 Å². The van der Waals surface area contributed by atoms with Gasteiger partial charge in [0.15, 0.2) is 6.10 Å². The molecule has 4 rings (SSSR count). The third-order valence-electron chi connectivity index (χ3n) is 7.58. The molecule has 3 atom stereocenters. The standard InChI is InChI=1S/C31H42N6O6/c1-19(2)26-28(40)32-20(3)29(41)37-15-6-8-23(34-37)27(39)35-36(16-7-17-38)25-12-11-22-10-9-21(18-24(22)33-25)13-14-31(4,5)30(42)43-26/h9-14,18-20,23,26,34,38H,6-8,15-17H2,1-5H3,(H,32,40)(H,35,39)/b14-13+/t20-,23-,26-/m0/s1. The molecule has 1 aromatic heterocycles. The zero-order valence-corrected chi connectivity index (χ0v) is 25.4. The maximum absolute atomic E-state index is 13.4. The molecule has 2 aliphatic heterocycles. The molecule has 0 unspecified atom stereocenters. The Morgan fingerprint density at radius 2 is 1.86 bits per heavy atom. The molecule has 1 aromatic carbocycles.